The zero-order valence-electron chi connectivity index (χ0n) is 4.94. The molecule has 1 rings (SSSR count). The molecule has 0 amide bonds. The van der Waals surface area contributed by atoms with Gasteiger partial charge in [-0.05, 0) is 6.07 Å². The Morgan fingerprint density at radius 3 is 2.70 bits per heavy atom. The summed E-state index contributed by atoms with van der Waals surface area (Å²) in [6, 6.07) is 2.52. The molecule has 0 atom stereocenters. The van der Waals surface area contributed by atoms with Crippen molar-refractivity contribution in [2.45, 2.75) is 0 Å². The smallest absolute Gasteiger partial charge is 0.283 e. The van der Waals surface area contributed by atoms with Crippen LogP contribution in [0.2, 0.25) is 0 Å². The van der Waals surface area contributed by atoms with E-state index in [1.54, 1.807) is 0 Å². The largest absolute Gasteiger partial charge is 0.287 e. The van der Waals surface area contributed by atoms with Gasteiger partial charge in [0.05, 0.1) is 4.92 Å². The monoisotopic (exact) mass is 138 g/mol. The van der Waals surface area contributed by atoms with Gasteiger partial charge in [-0.25, -0.2) is 4.98 Å². The minimum Gasteiger partial charge on any atom is -0.283 e. The summed E-state index contributed by atoms with van der Waals surface area (Å²) in [5.74, 6) is 0.0330. The fourth-order valence-electron chi connectivity index (χ4n) is 0.494. The summed E-state index contributed by atoms with van der Waals surface area (Å²) < 4.78 is 0. The van der Waals surface area contributed by atoms with E-state index in [0.717, 1.165) is 6.20 Å². The Bertz CT molecular complexity index is 244. The van der Waals surface area contributed by atoms with Crippen molar-refractivity contribution in [2.75, 3.05) is 0 Å². The first-order valence-electron chi connectivity index (χ1n) is 2.52. The van der Waals surface area contributed by atoms with E-state index in [0.29, 0.717) is 0 Å². The number of hydrogen-bond donors (Lipinski definition) is 0. The van der Waals surface area contributed by atoms with Crippen LogP contribution in [0.4, 0.5) is 11.5 Å². The third kappa shape index (κ3) is 1.19. The van der Waals surface area contributed by atoms with Crippen molar-refractivity contribution < 1.29 is 4.92 Å². The SMILES string of the molecule is [NH]c1ccc([N+](=O)[O-])cn1. The molecule has 0 saturated carbocycles. The van der Waals surface area contributed by atoms with Crippen LogP contribution in [0, 0.1) is 10.1 Å². The summed E-state index contributed by atoms with van der Waals surface area (Å²) in [6.07, 6.45) is 1.06. The summed E-state index contributed by atoms with van der Waals surface area (Å²) in [5.41, 5.74) is 6.81. The second-order valence-corrected chi connectivity index (χ2v) is 1.66. The number of pyridine rings is 1. The lowest BCUT2D eigenvalue weighted by Crippen LogP contribution is -1.88. The highest BCUT2D eigenvalue weighted by atomic mass is 16.6. The van der Waals surface area contributed by atoms with E-state index >= 15 is 0 Å². The molecule has 5 heteroatoms. The van der Waals surface area contributed by atoms with Crippen molar-refractivity contribution in [1.29, 1.82) is 0 Å². The van der Waals surface area contributed by atoms with E-state index in [4.69, 9.17) is 5.73 Å². The average molecular weight is 138 g/mol. The Labute approximate surface area is 56.6 Å². The first-order valence-corrected chi connectivity index (χ1v) is 2.52. The van der Waals surface area contributed by atoms with Crippen LogP contribution < -0.4 is 5.73 Å². The molecule has 1 aromatic heterocycles. The standard InChI is InChI=1S/C5H4N3O2/c6-5-2-1-4(3-7-5)8(9)10/h1-3,6H. The number of nitrogens with one attached hydrogen (secondary N) is 1. The molecule has 5 nitrogen and oxygen atoms in total. The predicted octanol–water partition coefficient (Wildman–Crippen LogP) is 0.904. The number of aromatic nitrogens is 1. The Morgan fingerprint density at radius 1 is 1.60 bits per heavy atom. The maximum Gasteiger partial charge on any atom is 0.287 e. The zero-order valence-corrected chi connectivity index (χ0v) is 4.94. The van der Waals surface area contributed by atoms with Crippen molar-refractivity contribution in [3.63, 3.8) is 0 Å². The predicted molar refractivity (Wildman–Crippen MR) is 33.6 cm³/mol. The average Bonchev–Trinajstić information content (AvgIpc) is 1.88. The highest BCUT2D eigenvalue weighted by Gasteiger charge is 2.02. The summed E-state index contributed by atoms with van der Waals surface area (Å²) >= 11 is 0. The third-order valence-corrected chi connectivity index (χ3v) is 0.959. The molecule has 10 heavy (non-hydrogen) atoms. The van der Waals surface area contributed by atoms with E-state index in [-0.39, 0.29) is 11.5 Å². The Hall–Kier alpha value is -1.65. The van der Waals surface area contributed by atoms with Gasteiger partial charge >= 0.3 is 0 Å². The molecule has 1 radical (unpaired) electrons. The molecule has 0 saturated heterocycles. The third-order valence-electron chi connectivity index (χ3n) is 0.959. The van der Waals surface area contributed by atoms with Crippen molar-refractivity contribution >= 4 is 11.5 Å². The highest BCUT2D eigenvalue weighted by molar-refractivity contribution is 5.33. The normalized spacial score (nSPS) is 9.20. The molecule has 1 N–H and O–H groups in total. The Kier molecular flexibility index (Phi) is 1.49. The van der Waals surface area contributed by atoms with Crippen molar-refractivity contribution in [1.82, 2.24) is 10.7 Å². The minimum absolute atomic E-state index is 0.0330. The van der Waals surface area contributed by atoms with Crippen LogP contribution in [0.25, 0.3) is 0 Å². The molecule has 1 aromatic rings. The van der Waals surface area contributed by atoms with Gasteiger partial charge < -0.3 is 0 Å². The molecule has 0 bridgehead atoms. The zero-order chi connectivity index (χ0) is 7.56. The second-order valence-electron chi connectivity index (χ2n) is 1.66. The molecular weight excluding hydrogens is 134 g/mol. The van der Waals surface area contributed by atoms with E-state index < -0.39 is 4.92 Å². The molecular formula is C5H4N3O2. The van der Waals surface area contributed by atoms with Crippen molar-refractivity contribution in [2.24, 2.45) is 0 Å². The van der Waals surface area contributed by atoms with Crippen molar-refractivity contribution in [3.8, 4) is 0 Å². The van der Waals surface area contributed by atoms with Crippen molar-refractivity contribution in [3.05, 3.63) is 28.4 Å². The molecule has 0 unspecified atom stereocenters. The maximum absolute atomic E-state index is 10.0. The maximum atomic E-state index is 10.0. The van der Waals surface area contributed by atoms with Crippen LogP contribution >= 0.6 is 0 Å². The van der Waals surface area contributed by atoms with E-state index in [2.05, 4.69) is 4.98 Å². The van der Waals surface area contributed by atoms with E-state index in [9.17, 15) is 10.1 Å². The van der Waals surface area contributed by atoms with E-state index in [1.165, 1.54) is 12.1 Å². The summed E-state index contributed by atoms with van der Waals surface area (Å²) in [6.45, 7) is 0. The number of nitrogens with zero attached hydrogens (tertiary/aromatic N) is 2. The van der Waals surface area contributed by atoms with Gasteiger partial charge in [0.2, 0.25) is 0 Å². The fraction of sp³-hybridized carbons (Fsp3) is 0. The van der Waals surface area contributed by atoms with Gasteiger partial charge in [0.1, 0.15) is 12.0 Å². The molecule has 0 aliphatic carbocycles. The lowest BCUT2D eigenvalue weighted by Gasteiger charge is -1.88. The van der Waals surface area contributed by atoms with Crippen LogP contribution in [0.1, 0.15) is 0 Å². The first-order chi connectivity index (χ1) is 4.70. The van der Waals surface area contributed by atoms with Gasteiger partial charge in [0.25, 0.3) is 5.69 Å². The quantitative estimate of drug-likeness (QED) is 0.427. The first kappa shape index (κ1) is 6.47. The van der Waals surface area contributed by atoms with Crippen LogP contribution in [0.15, 0.2) is 18.3 Å². The Morgan fingerprint density at radius 2 is 2.30 bits per heavy atom. The molecule has 0 spiro atoms. The molecule has 0 aliphatic heterocycles. The van der Waals surface area contributed by atoms with Gasteiger partial charge in [-0.15, -0.1) is 0 Å². The second kappa shape index (κ2) is 2.30. The lowest BCUT2D eigenvalue weighted by atomic mass is 10.4. The van der Waals surface area contributed by atoms with Gasteiger partial charge in [0.15, 0.2) is 0 Å². The molecule has 51 valence electrons. The molecule has 0 aromatic carbocycles. The topological polar surface area (TPSA) is 79.8 Å². The van der Waals surface area contributed by atoms with Gasteiger partial charge in [-0.2, -0.15) is 0 Å². The van der Waals surface area contributed by atoms with Crippen LogP contribution in [0.5, 0.6) is 0 Å². The fourth-order valence-corrected chi connectivity index (χ4v) is 0.494. The van der Waals surface area contributed by atoms with E-state index in [1.807, 2.05) is 0 Å². The van der Waals surface area contributed by atoms with Gasteiger partial charge in [0, 0.05) is 6.07 Å². The summed E-state index contributed by atoms with van der Waals surface area (Å²) in [4.78, 5) is 12.9. The van der Waals surface area contributed by atoms with Crippen LogP contribution in [0.3, 0.4) is 0 Å². The van der Waals surface area contributed by atoms with Gasteiger partial charge in [-0.1, -0.05) is 0 Å². The number of nitro groups is 1. The Balaban J connectivity index is 3.00. The highest BCUT2D eigenvalue weighted by Crippen LogP contribution is 2.09. The molecule has 1 heterocycles. The number of rotatable bonds is 1. The van der Waals surface area contributed by atoms with Crippen LogP contribution in [-0.4, -0.2) is 9.91 Å². The minimum atomic E-state index is -0.549. The van der Waals surface area contributed by atoms with Crippen LogP contribution in [-0.2, 0) is 0 Å². The van der Waals surface area contributed by atoms with Gasteiger partial charge in [-0.3, -0.25) is 15.8 Å². The molecule has 0 fully saturated rings. The summed E-state index contributed by atoms with van der Waals surface area (Å²) in [7, 11) is 0. The summed E-state index contributed by atoms with van der Waals surface area (Å²) in [5, 5.41) is 10.0. The number of hydrogen-bond acceptors (Lipinski definition) is 3. The lowest BCUT2D eigenvalue weighted by molar-refractivity contribution is -0.385. The molecule has 0 aliphatic rings.